The highest BCUT2D eigenvalue weighted by atomic mass is 32.1. The Bertz CT molecular complexity index is 6360. The van der Waals surface area contributed by atoms with Crippen LogP contribution in [0.5, 0.6) is 0 Å². The van der Waals surface area contributed by atoms with Crippen molar-refractivity contribution in [3.05, 3.63) is 323 Å². The zero-order valence-electron chi connectivity index (χ0n) is 62.2. The highest BCUT2D eigenvalue weighted by molar-refractivity contribution is 7.26. The third-order valence-corrected chi connectivity index (χ3v) is 22.4. The molecule has 107 heavy (non-hydrogen) atoms. The van der Waals surface area contributed by atoms with Crippen molar-refractivity contribution >= 4 is 69.9 Å². The van der Waals surface area contributed by atoms with E-state index in [0.717, 1.165) is 154 Å². The Labute approximate surface area is 629 Å². The second kappa shape index (κ2) is 28.5. The molecule has 0 saturated carbocycles. The standard InChI is InChI=1S/C34H29N3.C32H28N4S.C30H23N3/c1-20-21(2)35-22(3)36-32(20)23-11-10-12-24(19-23)37-30-16-9-7-14-26(30)28-18-17-27-25-13-6-8-15-29(25)34(4,5)31(27)33(28)37;1-4-11-25-20(3)28(34-27(5-2)33-25)22-16-18-23(19-17-22)32-35-29(21-12-7-6-8-13-21)31-30(36-32)24-14-9-10-15-26(24)37-31;1-19-20(2)32-21(3)33-30(19)25-11-9-24(10-12-25)29-27-8-6-5-7-22(27)15-18-28(29)23-13-16-26(31-4)17-14-23/h6-19H,1-5H3;6-10,12-19H,4-5,11H2,1-3H3;5-18H,1-3H3. The molecule has 6 aromatic heterocycles. The van der Waals surface area contributed by atoms with Gasteiger partial charge in [-0.15, -0.1) is 11.3 Å². The van der Waals surface area contributed by atoms with Gasteiger partial charge < -0.3 is 4.57 Å². The molecule has 0 fully saturated rings. The molecule has 520 valence electrons. The van der Waals surface area contributed by atoms with Gasteiger partial charge in [0.2, 0.25) is 0 Å². The predicted octanol–water partition coefficient (Wildman–Crippen LogP) is 25.0. The van der Waals surface area contributed by atoms with E-state index in [-0.39, 0.29) is 5.41 Å². The molecule has 10 nitrogen and oxygen atoms in total. The van der Waals surface area contributed by atoms with Crippen LogP contribution in [0.3, 0.4) is 0 Å². The van der Waals surface area contributed by atoms with Crippen LogP contribution in [0.4, 0.5) is 5.69 Å². The van der Waals surface area contributed by atoms with Gasteiger partial charge in [0, 0.05) is 83.3 Å². The molecule has 0 unspecified atom stereocenters. The lowest BCUT2D eigenvalue weighted by molar-refractivity contribution is 0.664. The van der Waals surface area contributed by atoms with Gasteiger partial charge in [-0.25, -0.2) is 44.7 Å². The summed E-state index contributed by atoms with van der Waals surface area (Å²) in [5, 5.41) is 6.16. The number of benzene rings is 11. The first-order chi connectivity index (χ1) is 52.1. The molecule has 0 saturated heterocycles. The average molecular weight is 1410 g/mol. The second-order valence-electron chi connectivity index (χ2n) is 28.3. The first-order valence-corrected chi connectivity index (χ1v) is 37.6. The van der Waals surface area contributed by atoms with Crippen LogP contribution in [0.1, 0.15) is 96.5 Å². The van der Waals surface area contributed by atoms with E-state index in [4.69, 9.17) is 36.5 Å². The van der Waals surface area contributed by atoms with Crippen LogP contribution in [0.2, 0.25) is 0 Å². The van der Waals surface area contributed by atoms with Crippen LogP contribution in [0, 0.1) is 55.0 Å². The first-order valence-electron chi connectivity index (χ1n) is 36.8. The summed E-state index contributed by atoms with van der Waals surface area (Å²) < 4.78 is 4.82. The molecule has 17 aromatic rings. The fourth-order valence-electron chi connectivity index (χ4n) is 15.6. The Morgan fingerprint density at radius 3 is 1.71 bits per heavy atom. The summed E-state index contributed by atoms with van der Waals surface area (Å²) in [4.78, 5) is 42.0. The molecule has 0 atom stereocenters. The number of nitrogens with zero attached hydrogens (tertiary/aromatic N) is 10. The van der Waals surface area contributed by atoms with E-state index in [9.17, 15) is 0 Å². The SMILES string of the molecule is CCCc1nc(CC)nc(-c2ccc(-c3nc(-c4ccccc4)c4sc5ccccc5c4n3)cc2)c1C.Cc1nc(C)c(C)c(-c2cccc(-n3c4ccccc4c4ccc5c(c43)C(C)(C)c3ccccc3-5)c2)n1.[C-]#[N+]c1ccc(-c2ccc3ccccc3c2-c2ccc(-c3nc(C)nc(C)c3C)cc2)cc1. The van der Waals surface area contributed by atoms with Crippen molar-refractivity contribution in [2.45, 2.75) is 101 Å². The van der Waals surface area contributed by atoms with E-state index in [1.54, 1.807) is 11.3 Å². The fourth-order valence-corrected chi connectivity index (χ4v) is 16.8. The summed E-state index contributed by atoms with van der Waals surface area (Å²) in [6.45, 7) is 30.6. The van der Waals surface area contributed by atoms with Gasteiger partial charge in [-0.3, -0.25) is 0 Å². The Morgan fingerprint density at radius 1 is 0.430 bits per heavy atom. The highest BCUT2D eigenvalue weighted by Gasteiger charge is 2.38. The van der Waals surface area contributed by atoms with Crippen LogP contribution in [-0.2, 0) is 18.3 Å². The van der Waals surface area contributed by atoms with Gasteiger partial charge in [0.15, 0.2) is 11.5 Å². The van der Waals surface area contributed by atoms with Gasteiger partial charge in [0.1, 0.15) is 17.5 Å². The van der Waals surface area contributed by atoms with Crippen LogP contribution in [-0.4, -0.2) is 44.4 Å². The average Bonchev–Trinajstić information content (AvgIpc) is 1.54. The van der Waals surface area contributed by atoms with Crippen molar-refractivity contribution in [1.82, 2.24) is 44.4 Å². The van der Waals surface area contributed by atoms with Gasteiger partial charge in [0.25, 0.3) is 0 Å². The number of thiophene rings is 1. The van der Waals surface area contributed by atoms with E-state index >= 15 is 0 Å². The second-order valence-corrected chi connectivity index (χ2v) is 29.4. The summed E-state index contributed by atoms with van der Waals surface area (Å²) in [6, 6.07) is 87.8. The molecule has 0 N–H and O–H groups in total. The zero-order valence-corrected chi connectivity index (χ0v) is 63.0. The maximum Gasteiger partial charge on any atom is 0.187 e. The van der Waals surface area contributed by atoms with Crippen molar-refractivity contribution in [2.24, 2.45) is 0 Å². The third kappa shape index (κ3) is 12.7. The Balaban J connectivity index is 0.000000123. The van der Waals surface area contributed by atoms with E-state index in [1.807, 2.05) is 51.1 Å². The van der Waals surface area contributed by atoms with Gasteiger partial charge >= 0.3 is 0 Å². The topological polar surface area (TPSA) is 112 Å². The van der Waals surface area contributed by atoms with Crippen molar-refractivity contribution in [3.63, 3.8) is 0 Å². The maximum atomic E-state index is 7.25. The summed E-state index contributed by atoms with van der Waals surface area (Å²) in [5.41, 5.74) is 31.3. The zero-order chi connectivity index (χ0) is 73.8. The minimum Gasteiger partial charge on any atom is -0.309 e. The Kier molecular flexibility index (Phi) is 18.4. The first kappa shape index (κ1) is 68.9. The van der Waals surface area contributed by atoms with Gasteiger partial charge in [0.05, 0.1) is 50.6 Å². The molecule has 0 amide bonds. The molecule has 0 bridgehead atoms. The number of para-hydroxylation sites is 1. The molecule has 11 heteroatoms. The molecule has 0 aliphatic heterocycles. The lowest BCUT2D eigenvalue weighted by atomic mass is 9.81. The Morgan fingerprint density at radius 2 is 1.01 bits per heavy atom. The molecule has 0 radical (unpaired) electrons. The molecular formula is C96H80N10S. The minimum absolute atomic E-state index is 0.105. The van der Waals surface area contributed by atoms with E-state index in [0.29, 0.717) is 5.69 Å². The smallest absolute Gasteiger partial charge is 0.187 e. The lowest BCUT2D eigenvalue weighted by Crippen LogP contribution is -2.16. The quantitative estimate of drug-likeness (QED) is 0.118. The van der Waals surface area contributed by atoms with Crippen molar-refractivity contribution in [1.29, 1.82) is 0 Å². The molecule has 11 aromatic carbocycles. The number of fused-ring (bicyclic) bond motifs is 11. The monoisotopic (exact) mass is 1400 g/mol. The molecule has 6 heterocycles. The number of aromatic nitrogens is 9. The van der Waals surface area contributed by atoms with Crippen LogP contribution in [0.15, 0.2) is 249 Å². The molecule has 1 aliphatic rings. The van der Waals surface area contributed by atoms with Crippen molar-refractivity contribution < 1.29 is 0 Å². The van der Waals surface area contributed by atoms with Crippen LogP contribution >= 0.6 is 11.3 Å². The summed E-state index contributed by atoms with van der Waals surface area (Å²) in [5.74, 6) is 3.23. The Hall–Kier alpha value is -12.5. The van der Waals surface area contributed by atoms with E-state index < -0.39 is 0 Å². The molecule has 0 spiro atoms. The maximum absolute atomic E-state index is 7.25. The third-order valence-electron chi connectivity index (χ3n) is 21.2. The van der Waals surface area contributed by atoms with Crippen LogP contribution in [0.25, 0.3) is 153 Å². The highest BCUT2D eigenvalue weighted by Crippen LogP contribution is 2.53. The van der Waals surface area contributed by atoms with E-state index in [1.165, 1.54) is 76.0 Å². The molecule has 18 rings (SSSR count). The number of hydrogen-bond donors (Lipinski definition) is 0. The summed E-state index contributed by atoms with van der Waals surface area (Å²) >= 11 is 1.76. The molecular weight excluding hydrogens is 1330 g/mol. The number of aryl methyl sites for hydroxylation is 6. The van der Waals surface area contributed by atoms with Crippen molar-refractivity contribution in [2.75, 3.05) is 0 Å². The fraction of sp³-hybridized carbons (Fsp3) is 0.156. The molecule has 1 aliphatic carbocycles. The normalized spacial score (nSPS) is 12.1. The summed E-state index contributed by atoms with van der Waals surface area (Å²) in [7, 11) is 0. The van der Waals surface area contributed by atoms with E-state index in [2.05, 4.69) is 293 Å². The lowest BCUT2D eigenvalue weighted by Gasteiger charge is -2.23. The van der Waals surface area contributed by atoms with Crippen molar-refractivity contribution in [3.8, 4) is 95.5 Å². The number of rotatable bonds is 11. The van der Waals surface area contributed by atoms with Crippen LogP contribution < -0.4 is 0 Å². The minimum atomic E-state index is -0.105. The van der Waals surface area contributed by atoms with Gasteiger partial charge in [-0.05, 0) is 151 Å². The number of hydrogen-bond acceptors (Lipinski definition) is 9. The predicted molar refractivity (Wildman–Crippen MR) is 445 cm³/mol. The largest absolute Gasteiger partial charge is 0.309 e. The van der Waals surface area contributed by atoms with Gasteiger partial charge in [-0.2, -0.15) is 0 Å². The van der Waals surface area contributed by atoms with Gasteiger partial charge in [-0.1, -0.05) is 259 Å². The summed E-state index contributed by atoms with van der Waals surface area (Å²) in [6.07, 6.45) is 2.87.